The second-order valence-corrected chi connectivity index (χ2v) is 3.80. The zero-order chi connectivity index (χ0) is 11.4. The summed E-state index contributed by atoms with van der Waals surface area (Å²) in [6.45, 7) is 0.549. The Bertz CT molecular complexity index is 466. The highest BCUT2D eigenvalue weighted by Gasteiger charge is 2.10. The molecule has 3 N–H and O–H groups in total. The molecule has 0 spiro atoms. The lowest BCUT2D eigenvalue weighted by Gasteiger charge is -1.97. The average molecular weight is 239 g/mol. The predicted octanol–water partition coefficient (Wildman–Crippen LogP) is -0.0852. The molecule has 0 radical (unpaired) electrons. The smallest absolute Gasteiger partial charge is 0.271 e. The lowest BCUT2D eigenvalue weighted by Crippen LogP contribution is -2.23. The van der Waals surface area contributed by atoms with Crippen molar-refractivity contribution in [3.05, 3.63) is 28.3 Å². The molecule has 2 aromatic rings. The number of rotatable bonds is 4. The van der Waals surface area contributed by atoms with Crippen molar-refractivity contribution in [2.24, 2.45) is 5.73 Å². The highest BCUT2D eigenvalue weighted by atomic mass is 32.1. The third-order valence-electron chi connectivity index (χ3n) is 1.77. The van der Waals surface area contributed by atoms with E-state index in [1.807, 2.05) is 0 Å². The van der Waals surface area contributed by atoms with E-state index < -0.39 is 0 Å². The molecule has 0 aliphatic rings. The van der Waals surface area contributed by atoms with Gasteiger partial charge in [0.05, 0.1) is 6.54 Å². The van der Waals surface area contributed by atoms with Crippen LogP contribution in [0.2, 0.25) is 0 Å². The summed E-state index contributed by atoms with van der Waals surface area (Å²) in [6, 6.07) is 0. The normalized spacial score (nSPS) is 10.3. The van der Waals surface area contributed by atoms with Gasteiger partial charge in [-0.2, -0.15) is 4.98 Å². The fourth-order valence-electron chi connectivity index (χ4n) is 1.03. The van der Waals surface area contributed by atoms with Crippen LogP contribution >= 0.6 is 11.3 Å². The van der Waals surface area contributed by atoms with E-state index >= 15 is 0 Å². The van der Waals surface area contributed by atoms with Gasteiger partial charge in [0.1, 0.15) is 10.7 Å². The minimum absolute atomic E-state index is 0.213. The van der Waals surface area contributed by atoms with Crippen LogP contribution in [0, 0.1) is 0 Å². The monoisotopic (exact) mass is 239 g/mol. The van der Waals surface area contributed by atoms with Crippen LogP contribution < -0.4 is 11.1 Å². The summed E-state index contributed by atoms with van der Waals surface area (Å²) >= 11 is 1.35. The number of carbonyl (C=O) groups is 1. The van der Waals surface area contributed by atoms with Gasteiger partial charge < -0.3 is 15.6 Å². The summed E-state index contributed by atoms with van der Waals surface area (Å²) in [5.74, 6) is 0.142. The lowest BCUT2D eigenvalue weighted by molar-refractivity contribution is 0.0945. The molecule has 0 aliphatic heterocycles. The second kappa shape index (κ2) is 4.81. The quantitative estimate of drug-likeness (QED) is 0.772. The first-order chi connectivity index (χ1) is 7.79. The molecule has 7 nitrogen and oxygen atoms in total. The Kier molecular flexibility index (Phi) is 3.22. The summed E-state index contributed by atoms with van der Waals surface area (Å²) in [4.78, 5) is 19.4. The lowest BCUT2D eigenvalue weighted by atomic mass is 10.4. The van der Waals surface area contributed by atoms with E-state index in [1.54, 1.807) is 5.38 Å². The number of hydrogen-bond donors (Lipinski definition) is 2. The molecule has 84 valence electrons. The first-order valence-corrected chi connectivity index (χ1v) is 5.35. The number of aromatic nitrogens is 3. The van der Waals surface area contributed by atoms with Crippen molar-refractivity contribution in [2.45, 2.75) is 13.1 Å². The molecule has 2 aromatic heterocycles. The summed E-state index contributed by atoms with van der Waals surface area (Å²) in [5, 5.41) is 8.57. The molecule has 2 heterocycles. The summed E-state index contributed by atoms with van der Waals surface area (Å²) in [6.07, 6.45) is 1.21. The van der Waals surface area contributed by atoms with Gasteiger partial charge in [-0.1, -0.05) is 5.16 Å². The van der Waals surface area contributed by atoms with E-state index in [1.165, 1.54) is 17.7 Å². The van der Waals surface area contributed by atoms with Gasteiger partial charge in [0, 0.05) is 11.9 Å². The Labute approximate surface area is 94.7 Å². The maximum atomic E-state index is 11.6. The van der Waals surface area contributed by atoms with Crippen molar-refractivity contribution in [1.29, 1.82) is 0 Å². The number of nitrogens with zero attached hydrogens (tertiary/aromatic N) is 3. The molecule has 0 fully saturated rings. The Hall–Kier alpha value is -1.80. The van der Waals surface area contributed by atoms with Crippen molar-refractivity contribution in [2.75, 3.05) is 0 Å². The summed E-state index contributed by atoms with van der Waals surface area (Å²) in [7, 11) is 0. The summed E-state index contributed by atoms with van der Waals surface area (Å²) in [5.41, 5.74) is 5.75. The Balaban J connectivity index is 1.93. The highest BCUT2D eigenvalue weighted by molar-refractivity contribution is 7.09. The van der Waals surface area contributed by atoms with E-state index in [9.17, 15) is 4.79 Å². The highest BCUT2D eigenvalue weighted by Crippen LogP contribution is 2.08. The van der Waals surface area contributed by atoms with Gasteiger partial charge in [-0.05, 0) is 0 Å². The minimum atomic E-state index is -0.277. The fourth-order valence-corrected chi connectivity index (χ4v) is 1.68. The maximum Gasteiger partial charge on any atom is 0.271 e. The molecule has 2 rings (SSSR count). The zero-order valence-electron chi connectivity index (χ0n) is 8.21. The van der Waals surface area contributed by atoms with E-state index in [4.69, 9.17) is 5.73 Å². The molecule has 0 saturated heterocycles. The van der Waals surface area contributed by atoms with Crippen LogP contribution in [0.15, 0.2) is 16.3 Å². The van der Waals surface area contributed by atoms with Gasteiger partial charge in [0.2, 0.25) is 6.39 Å². The van der Waals surface area contributed by atoms with Crippen molar-refractivity contribution < 1.29 is 9.32 Å². The molecule has 0 saturated carbocycles. The first kappa shape index (κ1) is 10.7. The van der Waals surface area contributed by atoms with Crippen molar-refractivity contribution in [1.82, 2.24) is 20.4 Å². The number of hydrogen-bond acceptors (Lipinski definition) is 7. The van der Waals surface area contributed by atoms with Crippen LogP contribution in [0.5, 0.6) is 0 Å². The predicted molar refractivity (Wildman–Crippen MR) is 55.5 cm³/mol. The minimum Gasteiger partial charge on any atom is -0.343 e. The third kappa shape index (κ3) is 2.41. The molecule has 0 aliphatic carbocycles. The van der Waals surface area contributed by atoms with E-state index in [0.717, 1.165) is 5.01 Å². The Morgan fingerprint density at radius 1 is 1.62 bits per heavy atom. The molecule has 0 unspecified atom stereocenters. The molecule has 0 aromatic carbocycles. The van der Waals surface area contributed by atoms with E-state index in [0.29, 0.717) is 18.1 Å². The van der Waals surface area contributed by atoms with Crippen LogP contribution in [0.25, 0.3) is 0 Å². The Morgan fingerprint density at radius 3 is 3.12 bits per heavy atom. The number of amides is 1. The van der Waals surface area contributed by atoms with Gasteiger partial charge in [-0.15, -0.1) is 11.3 Å². The molecule has 1 amide bonds. The molecule has 0 atom stereocenters. The average Bonchev–Trinajstić information content (AvgIpc) is 2.96. The van der Waals surface area contributed by atoms with Crippen molar-refractivity contribution in [3.63, 3.8) is 0 Å². The zero-order valence-corrected chi connectivity index (χ0v) is 9.03. The maximum absolute atomic E-state index is 11.6. The molecular weight excluding hydrogens is 230 g/mol. The number of nitrogens with two attached hydrogens (primary N) is 1. The molecule has 8 heteroatoms. The standard InChI is InChI=1S/C8H9N5O2S/c9-1-7-12-5(3-16-7)8(14)10-2-6-11-4-15-13-6/h3-4H,1-2,9H2,(H,10,14). The van der Waals surface area contributed by atoms with Gasteiger partial charge in [-0.3, -0.25) is 4.79 Å². The van der Waals surface area contributed by atoms with Gasteiger partial charge >= 0.3 is 0 Å². The number of thiazole rings is 1. The molecule has 16 heavy (non-hydrogen) atoms. The Morgan fingerprint density at radius 2 is 2.50 bits per heavy atom. The largest absolute Gasteiger partial charge is 0.343 e. The van der Waals surface area contributed by atoms with Crippen LogP contribution in [-0.4, -0.2) is 21.0 Å². The van der Waals surface area contributed by atoms with Crippen LogP contribution in [0.4, 0.5) is 0 Å². The number of carbonyl (C=O) groups excluding carboxylic acids is 1. The van der Waals surface area contributed by atoms with Gasteiger partial charge in [0.25, 0.3) is 5.91 Å². The van der Waals surface area contributed by atoms with Gasteiger partial charge in [-0.25, -0.2) is 4.98 Å². The first-order valence-electron chi connectivity index (χ1n) is 4.47. The summed E-state index contributed by atoms with van der Waals surface area (Å²) < 4.78 is 4.53. The molecule has 0 bridgehead atoms. The molecular formula is C8H9N5O2S. The second-order valence-electron chi connectivity index (χ2n) is 2.86. The van der Waals surface area contributed by atoms with Crippen LogP contribution in [0.1, 0.15) is 21.3 Å². The van der Waals surface area contributed by atoms with Crippen LogP contribution in [-0.2, 0) is 13.1 Å². The van der Waals surface area contributed by atoms with Crippen molar-refractivity contribution >= 4 is 17.2 Å². The van der Waals surface area contributed by atoms with E-state index in [2.05, 4.69) is 25.0 Å². The topological polar surface area (TPSA) is 107 Å². The van der Waals surface area contributed by atoms with Gasteiger partial charge in [0.15, 0.2) is 5.82 Å². The number of nitrogens with one attached hydrogen (secondary N) is 1. The van der Waals surface area contributed by atoms with Crippen molar-refractivity contribution in [3.8, 4) is 0 Å². The van der Waals surface area contributed by atoms with Crippen LogP contribution in [0.3, 0.4) is 0 Å². The fraction of sp³-hybridized carbons (Fsp3) is 0.250. The third-order valence-corrected chi connectivity index (χ3v) is 2.64. The SMILES string of the molecule is NCc1nc(C(=O)NCc2ncon2)cs1. The van der Waals surface area contributed by atoms with E-state index in [-0.39, 0.29) is 12.5 Å².